The third-order valence-corrected chi connectivity index (χ3v) is 3.67. The summed E-state index contributed by atoms with van der Waals surface area (Å²) in [6.07, 6.45) is 3.46. The molecule has 6 nitrogen and oxygen atoms in total. The van der Waals surface area contributed by atoms with Crippen molar-refractivity contribution in [2.45, 2.75) is 18.8 Å². The lowest BCUT2D eigenvalue weighted by molar-refractivity contribution is -0.134. The summed E-state index contributed by atoms with van der Waals surface area (Å²) in [7, 11) is 0. The Morgan fingerprint density at radius 3 is 2.95 bits per heavy atom. The smallest absolute Gasteiger partial charge is 0.247 e. The summed E-state index contributed by atoms with van der Waals surface area (Å²) >= 11 is 0. The van der Waals surface area contributed by atoms with Crippen LogP contribution in [0.1, 0.15) is 24.3 Å². The summed E-state index contributed by atoms with van der Waals surface area (Å²) in [6.45, 7) is 3.40. The number of hydrogen-bond acceptors (Lipinski definition) is 4. The van der Waals surface area contributed by atoms with Gasteiger partial charge in [-0.2, -0.15) is 0 Å². The van der Waals surface area contributed by atoms with E-state index in [4.69, 9.17) is 4.42 Å². The maximum atomic E-state index is 12.0. The number of furan rings is 1. The molecule has 112 valence electrons. The average molecular weight is 298 g/mol. The highest BCUT2D eigenvalue weighted by molar-refractivity contribution is 6.04. The Labute approximate surface area is 126 Å². The van der Waals surface area contributed by atoms with Crippen molar-refractivity contribution in [2.75, 3.05) is 5.32 Å². The molecule has 22 heavy (non-hydrogen) atoms. The Hall–Kier alpha value is -2.89. The molecule has 6 heteroatoms. The molecule has 1 saturated heterocycles. The van der Waals surface area contributed by atoms with Crippen LogP contribution in [0, 0.1) is 0 Å². The lowest BCUT2D eigenvalue weighted by Gasteiger charge is -2.19. The van der Waals surface area contributed by atoms with Crippen molar-refractivity contribution in [1.82, 2.24) is 5.32 Å². The number of piperidine rings is 1. The minimum atomic E-state index is -0.427. The number of benzene rings is 1. The number of amides is 3. The van der Waals surface area contributed by atoms with Gasteiger partial charge in [-0.3, -0.25) is 19.7 Å². The number of carbonyl (C=O) groups is 3. The Balaban J connectivity index is 1.97. The zero-order valence-electron chi connectivity index (χ0n) is 11.7. The molecule has 1 aliphatic rings. The van der Waals surface area contributed by atoms with Gasteiger partial charge >= 0.3 is 0 Å². The van der Waals surface area contributed by atoms with Crippen LogP contribution in [0.2, 0.25) is 0 Å². The summed E-state index contributed by atoms with van der Waals surface area (Å²) in [5.74, 6) is -1.32. The van der Waals surface area contributed by atoms with Crippen molar-refractivity contribution in [3.63, 3.8) is 0 Å². The molecule has 0 saturated carbocycles. The first-order valence-electron chi connectivity index (χ1n) is 6.86. The Morgan fingerprint density at radius 1 is 1.41 bits per heavy atom. The van der Waals surface area contributed by atoms with Gasteiger partial charge < -0.3 is 9.73 Å². The zero-order chi connectivity index (χ0) is 15.7. The van der Waals surface area contributed by atoms with Crippen molar-refractivity contribution in [2.24, 2.45) is 0 Å². The first-order valence-corrected chi connectivity index (χ1v) is 6.86. The molecule has 1 aromatic heterocycles. The fourth-order valence-electron chi connectivity index (χ4n) is 2.58. The fraction of sp³-hybridized carbons (Fsp3) is 0.188. The van der Waals surface area contributed by atoms with E-state index in [1.54, 1.807) is 18.2 Å². The molecule has 3 amide bonds. The molecule has 1 fully saturated rings. The number of fused-ring (bicyclic) bond motifs is 1. The minimum absolute atomic E-state index is 0.256. The first kappa shape index (κ1) is 14.1. The van der Waals surface area contributed by atoms with Gasteiger partial charge in [-0.15, -0.1) is 0 Å². The number of anilines is 1. The topological polar surface area (TPSA) is 88.4 Å². The molecule has 0 bridgehead atoms. The van der Waals surface area contributed by atoms with Crippen LogP contribution in [-0.4, -0.2) is 17.7 Å². The van der Waals surface area contributed by atoms with Gasteiger partial charge in [0.25, 0.3) is 0 Å². The third kappa shape index (κ3) is 2.50. The number of carbonyl (C=O) groups excluding carboxylic acids is 3. The quantitative estimate of drug-likeness (QED) is 0.670. The summed E-state index contributed by atoms with van der Waals surface area (Å²) in [5.41, 5.74) is 1.93. The maximum absolute atomic E-state index is 12.0. The molecule has 2 heterocycles. The highest BCUT2D eigenvalue weighted by Crippen LogP contribution is 2.33. The summed E-state index contributed by atoms with van der Waals surface area (Å²) in [6, 6.07) is 5.18. The molecule has 2 N–H and O–H groups in total. The lowest BCUT2D eigenvalue weighted by Crippen LogP contribution is -2.39. The van der Waals surface area contributed by atoms with E-state index in [1.807, 2.05) is 0 Å². The van der Waals surface area contributed by atoms with Gasteiger partial charge in [-0.05, 0) is 30.7 Å². The predicted molar refractivity (Wildman–Crippen MR) is 80.2 cm³/mol. The molecule has 1 aliphatic heterocycles. The van der Waals surface area contributed by atoms with Crippen LogP contribution < -0.4 is 10.6 Å². The van der Waals surface area contributed by atoms with Crippen LogP contribution in [0.25, 0.3) is 11.0 Å². The fourth-order valence-corrected chi connectivity index (χ4v) is 2.58. The monoisotopic (exact) mass is 298 g/mol. The van der Waals surface area contributed by atoms with E-state index in [-0.39, 0.29) is 17.7 Å². The van der Waals surface area contributed by atoms with Gasteiger partial charge in [0, 0.05) is 23.1 Å². The second-order valence-corrected chi connectivity index (χ2v) is 5.10. The molecule has 1 aromatic carbocycles. The van der Waals surface area contributed by atoms with Crippen molar-refractivity contribution in [3.05, 3.63) is 42.7 Å². The Morgan fingerprint density at radius 2 is 2.23 bits per heavy atom. The van der Waals surface area contributed by atoms with Gasteiger partial charge in [0.05, 0.1) is 12.2 Å². The molecular weight excluding hydrogens is 284 g/mol. The van der Waals surface area contributed by atoms with Crippen LogP contribution in [-0.2, 0) is 14.4 Å². The van der Waals surface area contributed by atoms with Gasteiger partial charge in [-0.1, -0.05) is 6.58 Å². The maximum Gasteiger partial charge on any atom is 0.247 e. The zero-order valence-corrected chi connectivity index (χ0v) is 11.7. The molecule has 0 aliphatic carbocycles. The number of rotatable bonds is 3. The third-order valence-electron chi connectivity index (χ3n) is 3.67. The van der Waals surface area contributed by atoms with Crippen LogP contribution in [0.5, 0.6) is 0 Å². The van der Waals surface area contributed by atoms with Crippen molar-refractivity contribution < 1.29 is 18.8 Å². The molecule has 3 rings (SSSR count). The second kappa shape index (κ2) is 5.48. The van der Waals surface area contributed by atoms with Crippen molar-refractivity contribution >= 4 is 34.4 Å². The summed E-state index contributed by atoms with van der Waals surface area (Å²) in [4.78, 5) is 34.6. The van der Waals surface area contributed by atoms with Crippen LogP contribution >= 0.6 is 0 Å². The van der Waals surface area contributed by atoms with Gasteiger partial charge in [0.15, 0.2) is 0 Å². The number of imide groups is 1. The number of nitrogens with one attached hydrogen (secondary N) is 2. The minimum Gasteiger partial charge on any atom is -0.464 e. The molecule has 2 aromatic rings. The van der Waals surface area contributed by atoms with Crippen LogP contribution in [0.15, 0.2) is 41.5 Å². The van der Waals surface area contributed by atoms with E-state index in [0.29, 0.717) is 24.1 Å². The van der Waals surface area contributed by atoms with Gasteiger partial charge in [-0.25, -0.2) is 0 Å². The predicted octanol–water partition coefficient (Wildman–Crippen LogP) is 2.08. The van der Waals surface area contributed by atoms with E-state index in [0.717, 1.165) is 10.9 Å². The highest BCUT2D eigenvalue weighted by Gasteiger charge is 2.30. The van der Waals surface area contributed by atoms with Crippen LogP contribution in [0.3, 0.4) is 0 Å². The SMILES string of the molecule is C=CC(=O)Nc1ccc2occ(C3CCC(=O)NC3=O)c2c1. The lowest BCUT2D eigenvalue weighted by atomic mass is 9.90. The van der Waals surface area contributed by atoms with E-state index in [9.17, 15) is 14.4 Å². The average Bonchev–Trinajstić information content (AvgIpc) is 2.90. The van der Waals surface area contributed by atoms with Crippen molar-refractivity contribution in [3.8, 4) is 0 Å². The number of hydrogen-bond donors (Lipinski definition) is 2. The van der Waals surface area contributed by atoms with E-state index in [2.05, 4.69) is 17.2 Å². The molecule has 0 radical (unpaired) electrons. The normalized spacial score (nSPS) is 18.1. The highest BCUT2D eigenvalue weighted by atomic mass is 16.3. The van der Waals surface area contributed by atoms with Crippen molar-refractivity contribution in [1.29, 1.82) is 0 Å². The molecule has 0 spiro atoms. The Kier molecular flexibility index (Phi) is 3.50. The van der Waals surface area contributed by atoms with Gasteiger partial charge in [0.2, 0.25) is 17.7 Å². The van der Waals surface area contributed by atoms with E-state index in [1.165, 1.54) is 12.3 Å². The largest absolute Gasteiger partial charge is 0.464 e. The van der Waals surface area contributed by atoms with Gasteiger partial charge in [0.1, 0.15) is 5.58 Å². The summed E-state index contributed by atoms with van der Waals surface area (Å²) < 4.78 is 5.47. The summed E-state index contributed by atoms with van der Waals surface area (Å²) in [5, 5.41) is 5.75. The molecule has 1 unspecified atom stereocenters. The Bertz CT molecular complexity index is 791. The van der Waals surface area contributed by atoms with E-state index >= 15 is 0 Å². The van der Waals surface area contributed by atoms with E-state index < -0.39 is 5.92 Å². The first-order chi connectivity index (χ1) is 10.6. The molecular formula is C16H14N2O4. The van der Waals surface area contributed by atoms with Crippen LogP contribution in [0.4, 0.5) is 5.69 Å². The second-order valence-electron chi connectivity index (χ2n) is 5.10. The molecule has 1 atom stereocenters. The standard InChI is InChI=1S/C16H14N2O4/c1-2-14(19)17-9-3-5-13-11(7-9)12(8-22-13)10-4-6-15(20)18-16(10)21/h2-3,5,7-8,10H,1,4,6H2,(H,17,19)(H,18,20,21).